The molecule has 4 heteroatoms. The molecule has 0 spiro atoms. The van der Waals surface area contributed by atoms with E-state index < -0.39 is 6.37 Å². The van der Waals surface area contributed by atoms with Crippen molar-refractivity contribution in [1.82, 2.24) is 4.98 Å². The Morgan fingerprint density at radius 3 is 1.20 bits per heavy atom. The SMILES string of the molecule is Cc1ccc(-c2ccnc(-c3ccccc3)c2)cc1CC(C)(C)C.Cc1ccccc1-c1cc(-c2ccc(C(C)(C)C)cc2)cc[n+]1C.Cc1ccccc1-c1cc(-c2ccc(CC3CCCC3)cc2)cc[n+]1C.[2H]C([2H])(c1ccc(-c2cc[n+](C)c(-c3ccccc3C)c2)cc1)C1CCCC1. The highest BCUT2D eigenvalue weighted by atomic mass is 14.9. The van der Waals surface area contributed by atoms with Gasteiger partial charge in [0.15, 0.2) is 18.6 Å². The Balaban J connectivity index is 0.000000137. The normalized spacial score (nSPS) is 13.6. The lowest BCUT2D eigenvalue weighted by molar-refractivity contribution is -0.660. The van der Waals surface area contributed by atoms with Gasteiger partial charge in [-0.1, -0.05) is 269 Å². The summed E-state index contributed by atoms with van der Waals surface area (Å²) in [5.74, 6) is 1.06. The third-order valence-electron chi connectivity index (χ3n) is 20.3. The molecule has 12 aromatic rings. The van der Waals surface area contributed by atoms with Gasteiger partial charge in [-0.25, -0.2) is 13.7 Å². The van der Waals surface area contributed by atoms with Crippen molar-refractivity contribution in [2.75, 3.05) is 0 Å². The molecule has 0 radical (unpaired) electrons. The lowest BCUT2D eigenvalue weighted by atomic mass is 9.85. The second-order valence-electron chi connectivity index (χ2n) is 30.4. The van der Waals surface area contributed by atoms with Crippen LogP contribution in [0.2, 0.25) is 0 Å². The number of hydrogen-bond acceptors (Lipinski definition) is 1. The molecule has 4 nitrogen and oxygen atoms in total. The Labute approximate surface area is 603 Å². The number of aromatic nitrogens is 4. The van der Waals surface area contributed by atoms with Gasteiger partial charge in [0.25, 0.3) is 0 Å². The van der Waals surface area contributed by atoms with Crippen LogP contribution >= 0.6 is 0 Å². The summed E-state index contributed by atoms with van der Waals surface area (Å²) >= 11 is 0. The first-order valence-corrected chi connectivity index (χ1v) is 36.6. The Morgan fingerprint density at radius 1 is 0.370 bits per heavy atom. The Hall–Kier alpha value is -9.64. The topological polar surface area (TPSA) is 24.5 Å². The minimum atomic E-state index is -1.23. The van der Waals surface area contributed by atoms with E-state index in [4.69, 9.17) is 2.74 Å². The van der Waals surface area contributed by atoms with Crippen molar-refractivity contribution in [3.63, 3.8) is 0 Å². The van der Waals surface area contributed by atoms with E-state index in [0.717, 1.165) is 66.0 Å². The number of aryl methyl sites for hydroxylation is 7. The second-order valence-corrected chi connectivity index (χ2v) is 30.4. The first kappa shape index (κ1) is 68.9. The van der Waals surface area contributed by atoms with E-state index in [9.17, 15) is 0 Å². The molecule has 2 saturated carbocycles. The van der Waals surface area contributed by atoms with Crippen LogP contribution in [0.15, 0.2) is 267 Å². The smallest absolute Gasteiger partial charge is 0.213 e. The first-order valence-electron chi connectivity index (χ1n) is 37.6. The largest absolute Gasteiger partial charge is 0.256 e. The molecule has 14 rings (SSSR count). The minimum absolute atomic E-state index is 0.154. The lowest BCUT2D eigenvalue weighted by Crippen LogP contribution is -2.30. The summed E-state index contributed by atoms with van der Waals surface area (Å²) in [6.45, 7) is 22.3. The maximum atomic E-state index is 8.60. The zero-order chi connectivity index (χ0) is 72.1. The van der Waals surface area contributed by atoms with Gasteiger partial charge in [-0.3, -0.25) is 4.98 Å². The number of nitrogens with zero attached hydrogens (tertiary/aromatic N) is 4. The van der Waals surface area contributed by atoms with E-state index in [0.29, 0.717) is 0 Å². The molecule has 8 aromatic carbocycles. The molecule has 508 valence electrons. The Morgan fingerprint density at radius 2 is 0.760 bits per heavy atom. The molecule has 0 unspecified atom stereocenters. The van der Waals surface area contributed by atoms with Crippen molar-refractivity contribution in [1.29, 1.82) is 0 Å². The molecule has 0 atom stereocenters. The standard InChI is InChI=1S/2C25H28N.C23H26N.C23H25N/c2*1-19-7-3-6-10-24(19)25-18-23(15-16-26(25)2)22-13-11-21(12-14-22)17-20-8-4-5-9-20;1-17-8-6-7-9-21(17)22-16-19(14-15-24(22)5)18-10-12-20(13-11-18)23(2,3)4;1-17-10-11-19(14-21(17)16-23(2,3)4)20-12-13-24-22(15-20)18-8-6-5-7-9-18/h2*3,6-7,10-16,18,20H,4-5,8-9,17H2,1-2H3;6-16H,1-5H3;5-15H,16H2,1-4H3/q3*+1;/i17D2;;;. The molecule has 0 saturated heterocycles. The molecule has 2 fully saturated rings. The van der Waals surface area contributed by atoms with E-state index in [2.05, 4.69) is 352 Å². The van der Waals surface area contributed by atoms with Crippen molar-refractivity contribution >= 4 is 0 Å². The van der Waals surface area contributed by atoms with Gasteiger partial charge >= 0.3 is 0 Å². The van der Waals surface area contributed by atoms with Crippen molar-refractivity contribution < 1.29 is 16.4 Å². The van der Waals surface area contributed by atoms with Crippen LogP contribution in [0, 0.1) is 44.9 Å². The van der Waals surface area contributed by atoms with Gasteiger partial charge in [-0.15, -0.1) is 0 Å². The molecule has 0 amide bonds. The summed E-state index contributed by atoms with van der Waals surface area (Å²) in [7, 11) is 6.30. The van der Waals surface area contributed by atoms with Crippen LogP contribution in [-0.4, -0.2) is 4.98 Å². The highest BCUT2D eigenvalue weighted by Crippen LogP contribution is 2.35. The van der Waals surface area contributed by atoms with E-state index >= 15 is 0 Å². The van der Waals surface area contributed by atoms with Crippen molar-refractivity contribution in [3.05, 3.63) is 312 Å². The number of pyridine rings is 4. The van der Waals surface area contributed by atoms with Crippen LogP contribution in [0.25, 0.3) is 89.5 Å². The van der Waals surface area contributed by atoms with Crippen molar-refractivity contribution in [3.8, 4) is 89.5 Å². The fourth-order valence-electron chi connectivity index (χ4n) is 14.2. The van der Waals surface area contributed by atoms with E-state index in [1.165, 1.54) is 138 Å². The molecule has 0 aliphatic heterocycles. The number of rotatable bonds is 13. The zero-order valence-corrected chi connectivity index (χ0v) is 61.9. The molecule has 4 aromatic heterocycles. The monoisotopic (exact) mass is 1320 g/mol. The highest BCUT2D eigenvalue weighted by molar-refractivity contribution is 5.74. The van der Waals surface area contributed by atoms with Gasteiger partial charge in [0, 0.05) is 67.6 Å². The highest BCUT2D eigenvalue weighted by Gasteiger charge is 2.21. The fourth-order valence-corrected chi connectivity index (χ4v) is 14.2. The van der Waals surface area contributed by atoms with Crippen LogP contribution < -0.4 is 13.7 Å². The molecule has 0 bridgehead atoms. The minimum Gasteiger partial charge on any atom is -0.256 e. The maximum Gasteiger partial charge on any atom is 0.213 e. The van der Waals surface area contributed by atoms with Crippen LogP contribution in [0.1, 0.15) is 140 Å². The van der Waals surface area contributed by atoms with Crippen LogP contribution in [-0.2, 0) is 45.8 Å². The third-order valence-corrected chi connectivity index (χ3v) is 20.3. The summed E-state index contributed by atoms with van der Waals surface area (Å²) in [5, 5.41) is 0. The van der Waals surface area contributed by atoms with Gasteiger partial charge in [0.1, 0.15) is 21.1 Å². The van der Waals surface area contributed by atoms with Gasteiger partial charge in [-0.05, 0) is 189 Å². The van der Waals surface area contributed by atoms with E-state index in [1.54, 1.807) is 0 Å². The summed E-state index contributed by atoms with van der Waals surface area (Å²) < 4.78 is 23.8. The molecule has 0 N–H and O–H groups in total. The van der Waals surface area contributed by atoms with Crippen LogP contribution in [0.3, 0.4) is 0 Å². The second kappa shape index (κ2) is 33.0. The average molecular weight is 1320 g/mol. The number of benzene rings is 8. The predicted octanol–water partition coefficient (Wildman–Crippen LogP) is 23.5. The summed E-state index contributed by atoms with van der Waals surface area (Å²) in [5.41, 5.74) is 30.4. The van der Waals surface area contributed by atoms with Crippen LogP contribution in [0.4, 0.5) is 0 Å². The number of hydrogen-bond donors (Lipinski definition) is 0. The van der Waals surface area contributed by atoms with Crippen molar-refractivity contribution in [2.45, 2.75) is 145 Å². The summed E-state index contributed by atoms with van der Waals surface area (Å²) in [6.07, 6.45) is 19.4. The predicted molar refractivity (Wildman–Crippen MR) is 423 cm³/mol. The lowest BCUT2D eigenvalue weighted by Gasteiger charge is -2.20. The Bertz CT molecular complexity index is 4750. The average Bonchev–Trinajstić information content (AvgIpc) is 0.944. The van der Waals surface area contributed by atoms with E-state index in [-0.39, 0.29) is 16.7 Å². The third kappa shape index (κ3) is 19.0. The summed E-state index contributed by atoms with van der Waals surface area (Å²) in [4.78, 5) is 4.53. The van der Waals surface area contributed by atoms with Crippen LogP contribution in [0.5, 0.6) is 0 Å². The van der Waals surface area contributed by atoms with Gasteiger partial charge in [0.2, 0.25) is 17.1 Å². The molecule has 2 aliphatic carbocycles. The zero-order valence-electron chi connectivity index (χ0n) is 63.9. The first-order chi connectivity index (χ1) is 48.9. The Kier molecular flexibility index (Phi) is 22.7. The van der Waals surface area contributed by atoms with Crippen molar-refractivity contribution in [2.24, 2.45) is 38.4 Å². The fraction of sp³-hybridized carbons (Fsp3) is 0.292. The quantitative estimate of drug-likeness (QED) is 0.106. The molecule has 2 aliphatic rings. The molecular formula is C96H107N4+3. The summed E-state index contributed by atoms with van der Waals surface area (Å²) in [6, 6.07) is 86.7. The molecule has 4 heterocycles. The molecule has 100 heavy (non-hydrogen) atoms. The molecular weight excluding hydrogens is 1210 g/mol. The van der Waals surface area contributed by atoms with Gasteiger partial charge < -0.3 is 0 Å². The van der Waals surface area contributed by atoms with E-state index in [1.807, 2.05) is 24.4 Å². The van der Waals surface area contributed by atoms with Gasteiger partial charge in [-0.2, -0.15) is 0 Å². The van der Waals surface area contributed by atoms with Gasteiger partial charge in [0.05, 0.1) is 5.69 Å². The maximum absolute atomic E-state index is 8.60.